The zero-order valence-corrected chi connectivity index (χ0v) is 15.9. The zero-order chi connectivity index (χ0) is 20.1. The molecule has 0 radical (unpaired) electrons. The van der Waals surface area contributed by atoms with E-state index < -0.39 is 46.0 Å². The number of ether oxygens (including phenoxy) is 1. The van der Waals surface area contributed by atoms with Gasteiger partial charge in [-0.05, 0) is 31.0 Å². The maximum Gasteiger partial charge on any atom is 0.325 e. The Hall–Kier alpha value is -2.17. The van der Waals surface area contributed by atoms with Crippen LogP contribution < -0.4 is 15.8 Å². The van der Waals surface area contributed by atoms with Crippen LogP contribution in [0.2, 0.25) is 5.02 Å². The van der Waals surface area contributed by atoms with E-state index in [1.807, 2.05) is 0 Å². The van der Waals surface area contributed by atoms with Gasteiger partial charge in [0.05, 0.1) is 4.90 Å². The first-order chi connectivity index (χ1) is 11.9. The maximum atomic E-state index is 12.5. The number of halogens is 1. The molecule has 1 aromatic carbocycles. The maximum absolute atomic E-state index is 12.5. The van der Waals surface area contributed by atoms with Gasteiger partial charge in [-0.2, -0.15) is 4.72 Å². The summed E-state index contributed by atoms with van der Waals surface area (Å²) in [6, 6.07) is 3.15. The van der Waals surface area contributed by atoms with E-state index in [9.17, 15) is 22.8 Å². The molecule has 11 heteroatoms. The molecule has 0 unspecified atom stereocenters. The summed E-state index contributed by atoms with van der Waals surface area (Å²) in [6.45, 7) is 4.42. The van der Waals surface area contributed by atoms with E-state index in [-0.39, 0.29) is 9.92 Å². The Kier molecular flexibility index (Phi) is 7.54. The monoisotopic (exact) mass is 405 g/mol. The number of nitrogens with two attached hydrogens (primary N) is 1. The first-order valence-corrected chi connectivity index (χ1v) is 9.39. The molecule has 0 heterocycles. The third-order valence-electron chi connectivity index (χ3n) is 3.22. The van der Waals surface area contributed by atoms with Gasteiger partial charge in [-0.3, -0.25) is 14.9 Å². The first-order valence-electron chi connectivity index (χ1n) is 7.52. The number of primary amides is 1. The van der Waals surface area contributed by atoms with Gasteiger partial charge in [0, 0.05) is 5.02 Å². The van der Waals surface area contributed by atoms with E-state index in [2.05, 4.69) is 4.72 Å². The second-order valence-electron chi connectivity index (χ2n) is 5.73. The topological polar surface area (TPSA) is 145 Å². The van der Waals surface area contributed by atoms with Gasteiger partial charge in [0.15, 0.2) is 6.10 Å². The van der Waals surface area contributed by atoms with Crippen molar-refractivity contribution in [3.05, 3.63) is 29.3 Å². The second-order valence-corrected chi connectivity index (χ2v) is 7.88. The van der Waals surface area contributed by atoms with Crippen molar-refractivity contribution in [1.82, 2.24) is 10.0 Å². The van der Waals surface area contributed by atoms with Gasteiger partial charge < -0.3 is 10.5 Å². The summed E-state index contributed by atoms with van der Waals surface area (Å²) in [5.74, 6) is -2.38. The van der Waals surface area contributed by atoms with Crippen LogP contribution >= 0.6 is 11.6 Å². The summed E-state index contributed by atoms with van der Waals surface area (Å²) >= 11 is 5.79. The lowest BCUT2D eigenvalue weighted by molar-refractivity contribution is -0.157. The number of sulfonamides is 1. The lowest BCUT2D eigenvalue weighted by atomic mass is 10.1. The molecule has 4 N–H and O–H groups in total. The van der Waals surface area contributed by atoms with E-state index in [1.165, 1.54) is 31.2 Å². The quantitative estimate of drug-likeness (QED) is 0.571. The van der Waals surface area contributed by atoms with Crippen LogP contribution in [0.5, 0.6) is 0 Å². The SMILES string of the molecule is CC(C)[C@@H](NS(=O)(=O)c1cccc(Cl)c1)C(=O)O[C@@H](C)C(=O)NC(N)=O. The summed E-state index contributed by atoms with van der Waals surface area (Å²) in [5, 5.41) is 1.98. The standard InChI is InChI=1S/C15H20ClN3O6S/c1-8(2)12(14(21)25-9(3)13(20)18-15(17)22)19-26(23,24)11-6-4-5-10(16)7-11/h4-9,12,19H,1-3H3,(H3,17,18,20,22)/t9-,12+/m0/s1. The molecule has 0 aliphatic heterocycles. The van der Waals surface area contributed by atoms with E-state index in [4.69, 9.17) is 22.1 Å². The molecular weight excluding hydrogens is 386 g/mol. The second kappa shape index (κ2) is 8.97. The highest BCUT2D eigenvalue weighted by atomic mass is 35.5. The van der Waals surface area contributed by atoms with E-state index in [1.54, 1.807) is 19.2 Å². The molecule has 0 aliphatic rings. The molecule has 0 saturated heterocycles. The third kappa shape index (κ3) is 6.28. The van der Waals surface area contributed by atoms with E-state index in [0.717, 1.165) is 0 Å². The number of nitrogens with one attached hydrogen (secondary N) is 2. The molecule has 3 amide bonds. The molecule has 0 saturated carbocycles. The predicted molar refractivity (Wildman–Crippen MR) is 93.7 cm³/mol. The van der Waals surface area contributed by atoms with Crippen molar-refractivity contribution in [1.29, 1.82) is 0 Å². The van der Waals surface area contributed by atoms with Gasteiger partial charge in [-0.25, -0.2) is 13.2 Å². The molecule has 26 heavy (non-hydrogen) atoms. The Morgan fingerprint density at radius 3 is 2.31 bits per heavy atom. The summed E-state index contributed by atoms with van der Waals surface area (Å²) in [5.41, 5.74) is 4.82. The highest BCUT2D eigenvalue weighted by Crippen LogP contribution is 2.17. The summed E-state index contributed by atoms with van der Waals surface area (Å²) in [6.07, 6.45) is -1.34. The van der Waals surface area contributed by atoms with Gasteiger partial charge >= 0.3 is 12.0 Å². The number of hydrogen-bond acceptors (Lipinski definition) is 6. The van der Waals surface area contributed by atoms with Crippen LogP contribution in [0, 0.1) is 5.92 Å². The van der Waals surface area contributed by atoms with Crippen molar-refractivity contribution in [2.24, 2.45) is 11.7 Å². The van der Waals surface area contributed by atoms with Crippen LogP contribution in [0.3, 0.4) is 0 Å². The normalized spacial score (nSPS) is 13.7. The molecule has 0 fully saturated rings. The minimum Gasteiger partial charge on any atom is -0.451 e. The Bertz CT molecular complexity index is 796. The van der Waals surface area contributed by atoms with Crippen LogP contribution in [0.4, 0.5) is 4.79 Å². The highest BCUT2D eigenvalue weighted by Gasteiger charge is 2.32. The van der Waals surface area contributed by atoms with Crippen LogP contribution in [-0.2, 0) is 24.3 Å². The number of benzene rings is 1. The molecule has 0 spiro atoms. The van der Waals surface area contributed by atoms with Gasteiger partial charge in [-0.15, -0.1) is 0 Å². The lowest BCUT2D eigenvalue weighted by Crippen LogP contribution is -2.48. The fourth-order valence-corrected chi connectivity index (χ4v) is 3.48. The van der Waals surface area contributed by atoms with Gasteiger partial charge in [0.1, 0.15) is 6.04 Å². The third-order valence-corrected chi connectivity index (χ3v) is 4.89. The summed E-state index contributed by atoms with van der Waals surface area (Å²) in [4.78, 5) is 34.4. The number of rotatable bonds is 7. The minimum atomic E-state index is -4.06. The average molecular weight is 406 g/mol. The molecule has 1 aromatic rings. The van der Waals surface area contributed by atoms with Crippen molar-refractivity contribution >= 4 is 39.5 Å². The fraction of sp³-hybridized carbons (Fsp3) is 0.400. The van der Waals surface area contributed by atoms with Crippen molar-refractivity contribution in [2.75, 3.05) is 0 Å². The van der Waals surface area contributed by atoms with Crippen LogP contribution in [0.1, 0.15) is 20.8 Å². The molecule has 0 aliphatic carbocycles. The Balaban J connectivity index is 2.93. The Labute approximate surface area is 156 Å². The van der Waals surface area contributed by atoms with Gasteiger partial charge in [0.25, 0.3) is 5.91 Å². The number of carbonyl (C=O) groups is 3. The van der Waals surface area contributed by atoms with E-state index >= 15 is 0 Å². The fourth-order valence-electron chi connectivity index (χ4n) is 1.85. The van der Waals surface area contributed by atoms with Crippen LogP contribution in [0.15, 0.2) is 29.2 Å². The van der Waals surface area contributed by atoms with Gasteiger partial charge in [0.2, 0.25) is 10.0 Å². The highest BCUT2D eigenvalue weighted by molar-refractivity contribution is 7.89. The van der Waals surface area contributed by atoms with Crippen LogP contribution in [-0.4, -0.2) is 38.5 Å². The van der Waals surface area contributed by atoms with E-state index in [0.29, 0.717) is 0 Å². The molecule has 2 atom stereocenters. The number of amides is 3. The smallest absolute Gasteiger partial charge is 0.325 e. The molecule has 1 rings (SSSR count). The van der Waals surface area contributed by atoms with Crippen molar-refractivity contribution < 1.29 is 27.5 Å². The predicted octanol–water partition coefficient (Wildman–Crippen LogP) is 0.770. The molecule has 144 valence electrons. The molecule has 0 aromatic heterocycles. The van der Waals surface area contributed by atoms with Crippen molar-refractivity contribution in [2.45, 2.75) is 37.8 Å². The summed E-state index contributed by atoms with van der Waals surface area (Å²) < 4.78 is 32.1. The Morgan fingerprint density at radius 2 is 1.81 bits per heavy atom. The number of carbonyl (C=O) groups excluding carboxylic acids is 3. The number of urea groups is 1. The number of esters is 1. The first kappa shape index (κ1) is 21.9. The molecule has 9 nitrogen and oxygen atoms in total. The lowest BCUT2D eigenvalue weighted by Gasteiger charge is -2.22. The van der Waals surface area contributed by atoms with Crippen molar-refractivity contribution in [3.8, 4) is 0 Å². The largest absolute Gasteiger partial charge is 0.451 e. The molecular formula is C15H20ClN3O6S. The Morgan fingerprint density at radius 1 is 1.19 bits per heavy atom. The van der Waals surface area contributed by atoms with Gasteiger partial charge in [-0.1, -0.05) is 31.5 Å². The van der Waals surface area contributed by atoms with Crippen molar-refractivity contribution in [3.63, 3.8) is 0 Å². The number of imide groups is 1. The zero-order valence-electron chi connectivity index (χ0n) is 14.4. The number of hydrogen-bond donors (Lipinski definition) is 3. The summed E-state index contributed by atoms with van der Waals surface area (Å²) in [7, 11) is -4.06. The molecule has 0 bridgehead atoms. The average Bonchev–Trinajstić information content (AvgIpc) is 2.51. The van der Waals surface area contributed by atoms with Crippen LogP contribution in [0.25, 0.3) is 0 Å². The minimum absolute atomic E-state index is 0.122.